The van der Waals surface area contributed by atoms with Crippen molar-refractivity contribution in [2.24, 2.45) is 0 Å². The number of hydrogen-bond donors (Lipinski definition) is 0. The lowest BCUT2D eigenvalue weighted by Gasteiger charge is -2.18. The van der Waals surface area contributed by atoms with Crippen LogP contribution in [-0.2, 0) is 41.6 Å². The molecule has 0 spiro atoms. The first-order chi connectivity index (χ1) is 62.7. The van der Waals surface area contributed by atoms with Crippen molar-refractivity contribution in [1.82, 2.24) is 0 Å². The summed E-state index contributed by atoms with van der Waals surface area (Å²) in [6.45, 7) is -1.75. The number of ether oxygens (including phenoxy) is 9. The summed E-state index contributed by atoms with van der Waals surface area (Å²) >= 11 is 24.1. The molecule has 0 saturated carbocycles. The van der Waals surface area contributed by atoms with E-state index in [2.05, 4.69) is 0 Å². The van der Waals surface area contributed by atoms with Crippen LogP contribution in [0, 0.1) is 0 Å². The summed E-state index contributed by atoms with van der Waals surface area (Å²) < 4.78 is 61.1. The fourth-order valence-corrected chi connectivity index (χ4v) is 30.5. The van der Waals surface area contributed by atoms with Crippen LogP contribution in [-0.4, -0.2) is 103 Å². The summed E-state index contributed by atoms with van der Waals surface area (Å²) in [4.78, 5) is 189. The summed E-state index contributed by atoms with van der Waals surface area (Å²) in [7, 11) is 0. The van der Waals surface area contributed by atoms with Crippen LogP contribution in [0.1, 0.15) is 168 Å². The van der Waals surface area contributed by atoms with Crippen LogP contribution < -0.4 is 14.2 Å². The Morgan fingerprint density at radius 2 is 0.419 bits per heavy atom. The molecule has 0 unspecified atom stereocenters. The van der Waals surface area contributed by atoms with Gasteiger partial charge in [-0.15, -0.1) is 0 Å². The molecule has 0 amide bonds. The van der Waals surface area contributed by atoms with Gasteiger partial charge in [-0.2, -0.15) is 0 Å². The van der Waals surface area contributed by atoms with Crippen LogP contribution >= 0.6 is 188 Å². The molecule has 10 aliphatic rings. The van der Waals surface area contributed by atoms with E-state index in [9.17, 15) is 47.9 Å². The molecule has 0 bridgehead atoms. The number of rotatable bonds is 24. The van der Waals surface area contributed by atoms with Crippen LogP contribution in [0.3, 0.4) is 0 Å². The molecule has 18 rings (SSSR count). The van der Waals surface area contributed by atoms with Gasteiger partial charge in [-0.05, 0) is 173 Å². The van der Waals surface area contributed by atoms with Gasteiger partial charge in [0.1, 0.15) is 56.9 Å². The molecular weight excluding hydrogens is 1960 g/mol. The van der Waals surface area contributed by atoms with Crippen molar-refractivity contribution < 1.29 is 105 Å². The number of fused-ring (bicyclic) bond motifs is 4. The Hall–Kier alpha value is -9.85. The molecule has 0 N–H and O–H groups in total. The number of benzene rings is 8. The van der Waals surface area contributed by atoms with Gasteiger partial charge >= 0.3 is 53.7 Å². The molecule has 2 aliphatic carbocycles. The SMILES string of the molecule is O=C(OCC1=CSC(=C2SC=CS2)S1)c1cc(OC(=O)c2cc(C(=O)Oc3cc(C(=O)OCC4=CSC(=C5SC=CS5)S4)cc(C(=O)OCC4=CSC(=C5SC=CS5)S4)c3)cc(C(=O)Oc3cc(C(=O)OCc4ccc5c(c4)C(=O)c4ccccc4C5=O)cc(C(=O)OCc4ccc5c(c4)C(=O)c4ccccc4C5=O)c3)c2)cc(C(=O)OCC2=CSC(=C3SC=CS3)S2)c1. The van der Waals surface area contributed by atoms with E-state index in [4.69, 9.17) is 42.6 Å². The van der Waals surface area contributed by atoms with E-state index in [1.54, 1.807) is 130 Å². The van der Waals surface area contributed by atoms with Crippen molar-refractivity contribution >= 4 is 265 Å². The predicted octanol–water partition coefficient (Wildman–Crippen LogP) is 23.8. The van der Waals surface area contributed by atoms with Crippen molar-refractivity contribution in [2.45, 2.75) is 13.2 Å². The van der Waals surface area contributed by atoms with Crippen LogP contribution in [0.25, 0.3) is 0 Å². The average Bonchev–Trinajstić information content (AvgIpc) is 1.62. The Labute approximate surface area is 800 Å². The van der Waals surface area contributed by atoms with E-state index in [-0.39, 0.29) is 116 Å². The standard InChI is InChI=1S/C91H50O22S16/c92-71-63-5-1-3-7-65(63)73(94)69-21-45(9-11-67(69)71)35-105-75(96)50-26-51(76(97)106-36-46-10-12-68-70(22-46)74(95)66-8-4-2-6-64(66)72(68)93)30-56(29-50)111-81(102)47-23-48(82(103)112-57-31-52(77(98)107-37-59-41-122-88(126-59)84-114-13-14-115-84)27-53(32-57)78(99)108-38-60-42-123-89(127-60)85-116-15-16-117-85)25-49(24-47)83(104)113-58-33-54(79(100)109-39-61-43-124-90(128-61)86-118-17-18-119-86)28-55(34-58)80(101)110-40-62-44-125-91(129-62)87-120-19-20-121-87/h1-34,41-44H,35-40H2. The quantitative estimate of drug-likeness (QED) is 0.0308. The molecule has 0 fully saturated rings. The summed E-state index contributed by atoms with van der Waals surface area (Å²) in [6.07, 6.45) is 0. The summed E-state index contributed by atoms with van der Waals surface area (Å²) in [5, 5.41) is 23.1. The zero-order chi connectivity index (χ0) is 88.9. The Balaban J connectivity index is 0.668. The van der Waals surface area contributed by atoms with Gasteiger partial charge in [-0.25, -0.2) is 43.2 Å². The summed E-state index contributed by atoms with van der Waals surface area (Å²) in [6, 6.07) is 34.3. The molecule has 22 nitrogen and oxygen atoms in total. The maximum absolute atomic E-state index is 15.3. The van der Waals surface area contributed by atoms with Crippen molar-refractivity contribution in [2.75, 3.05) is 26.4 Å². The Kier molecular flexibility index (Phi) is 28.2. The summed E-state index contributed by atoms with van der Waals surface area (Å²) in [5.41, 5.74) is -1.97. The lowest BCUT2D eigenvalue weighted by atomic mass is 9.83. The molecule has 8 heterocycles. The Morgan fingerprint density at radius 1 is 0.209 bits per heavy atom. The minimum Gasteiger partial charge on any atom is -0.457 e. The highest BCUT2D eigenvalue weighted by molar-refractivity contribution is 8.35. The molecule has 38 heteroatoms. The van der Waals surface area contributed by atoms with Crippen LogP contribution in [0.5, 0.6) is 17.2 Å². The number of hydrogen-bond acceptors (Lipinski definition) is 38. The lowest BCUT2D eigenvalue weighted by Crippen LogP contribution is -2.21. The highest BCUT2D eigenvalue weighted by atomic mass is 32.2. The van der Waals surface area contributed by atoms with Crippen molar-refractivity contribution in [3.05, 3.63) is 382 Å². The predicted molar refractivity (Wildman–Crippen MR) is 518 cm³/mol. The maximum atomic E-state index is 15.3. The Morgan fingerprint density at radius 3 is 0.659 bits per heavy atom. The fourth-order valence-electron chi connectivity index (χ4n) is 12.9. The van der Waals surface area contributed by atoms with Gasteiger partial charge in [0.25, 0.3) is 0 Å². The van der Waals surface area contributed by atoms with E-state index in [1.807, 2.05) is 64.9 Å². The zero-order valence-corrected chi connectivity index (χ0v) is 78.3. The van der Waals surface area contributed by atoms with Gasteiger partial charge in [0.2, 0.25) is 0 Å². The molecule has 8 aromatic carbocycles. The number of esters is 9. The first-order valence-electron chi connectivity index (χ1n) is 37.7. The zero-order valence-electron chi connectivity index (χ0n) is 65.2. The van der Waals surface area contributed by atoms with E-state index in [1.165, 1.54) is 155 Å². The largest absolute Gasteiger partial charge is 0.457 e. The topological polar surface area (TPSA) is 305 Å². The second-order valence-electron chi connectivity index (χ2n) is 27.4. The molecule has 129 heavy (non-hydrogen) atoms. The first-order valence-corrected chi connectivity index (χ1v) is 51.5. The minimum atomic E-state index is -1.38. The average molecular weight is 2010 g/mol. The van der Waals surface area contributed by atoms with E-state index in [0.717, 1.165) is 94.6 Å². The van der Waals surface area contributed by atoms with Gasteiger partial charge < -0.3 is 42.6 Å². The van der Waals surface area contributed by atoms with Crippen molar-refractivity contribution in [3.63, 3.8) is 0 Å². The fraction of sp³-hybridized carbons (Fsp3) is 0.0659. The molecule has 0 saturated heterocycles. The van der Waals surface area contributed by atoms with Gasteiger partial charge in [-0.1, -0.05) is 249 Å². The molecule has 0 radical (unpaired) electrons. The van der Waals surface area contributed by atoms with E-state index >= 15 is 14.4 Å². The van der Waals surface area contributed by atoms with Crippen LogP contribution in [0.4, 0.5) is 0 Å². The molecule has 8 aromatic rings. The molecule has 0 aromatic heterocycles. The van der Waals surface area contributed by atoms with Crippen LogP contribution in [0.2, 0.25) is 0 Å². The number of ketones is 4. The smallest absolute Gasteiger partial charge is 0.343 e. The van der Waals surface area contributed by atoms with E-state index in [0.29, 0.717) is 19.6 Å². The highest BCUT2D eigenvalue weighted by Gasteiger charge is 2.35. The number of thioether (sulfide) groups is 16. The van der Waals surface area contributed by atoms with Crippen molar-refractivity contribution in [1.29, 1.82) is 0 Å². The second kappa shape index (κ2) is 40.5. The van der Waals surface area contributed by atoms with Crippen LogP contribution in [0.15, 0.2) is 276 Å². The molecule has 642 valence electrons. The monoisotopic (exact) mass is 2010 g/mol. The first kappa shape index (κ1) is 89.7. The van der Waals surface area contributed by atoms with Gasteiger partial charge in [0.15, 0.2) is 23.1 Å². The maximum Gasteiger partial charge on any atom is 0.343 e. The molecular formula is C91H50O22S16. The van der Waals surface area contributed by atoms with Crippen molar-refractivity contribution in [3.8, 4) is 17.2 Å². The molecule has 0 atom stereocenters. The lowest BCUT2D eigenvalue weighted by molar-refractivity contribution is 0.0461. The Bertz CT molecular complexity index is 6140. The van der Waals surface area contributed by atoms with Gasteiger partial charge in [0.05, 0.1) is 84.0 Å². The third-order valence-corrected chi connectivity index (χ3v) is 39.1. The minimum absolute atomic E-state index is 0.0597. The number of carbonyl (C=O) groups excluding carboxylic acids is 13. The molecule has 8 aliphatic heterocycles. The normalized spacial score (nSPS) is 16.2. The second-order valence-corrected chi connectivity index (χ2v) is 44.8. The third-order valence-electron chi connectivity index (χ3n) is 18.9. The van der Waals surface area contributed by atoms with E-state index < -0.39 is 124 Å². The van der Waals surface area contributed by atoms with Gasteiger partial charge in [-0.3, -0.25) is 19.2 Å². The van der Waals surface area contributed by atoms with Gasteiger partial charge in [0, 0.05) is 64.1 Å². The summed E-state index contributed by atoms with van der Waals surface area (Å²) in [5.74, 6) is -13.1. The third kappa shape index (κ3) is 20.9. The number of carbonyl (C=O) groups is 13. The highest BCUT2D eigenvalue weighted by Crippen LogP contribution is 2.57.